The molecule has 0 aliphatic carbocycles. The predicted molar refractivity (Wildman–Crippen MR) is 165 cm³/mol. The van der Waals surface area contributed by atoms with Crippen LogP contribution in [0.1, 0.15) is 48.4 Å². The minimum absolute atomic E-state index is 0.148. The maximum atomic E-state index is 6.23. The van der Waals surface area contributed by atoms with Gasteiger partial charge in [-0.2, -0.15) is 15.3 Å². The van der Waals surface area contributed by atoms with Crippen molar-refractivity contribution in [1.82, 2.24) is 34.3 Å². The fourth-order valence-electron chi connectivity index (χ4n) is 5.76. The van der Waals surface area contributed by atoms with Crippen molar-refractivity contribution in [3.63, 3.8) is 0 Å². The first kappa shape index (κ1) is 27.8. The lowest BCUT2D eigenvalue weighted by Crippen LogP contribution is -2.15. The zero-order valence-corrected chi connectivity index (χ0v) is 25.1. The Hall–Kier alpha value is -4.34. The molecule has 0 N–H and O–H groups in total. The molecule has 42 heavy (non-hydrogen) atoms. The number of aryl methyl sites for hydroxylation is 2. The number of rotatable bonds is 10. The van der Waals surface area contributed by atoms with Gasteiger partial charge in [-0.1, -0.05) is 56.3 Å². The van der Waals surface area contributed by atoms with E-state index in [4.69, 9.17) is 24.7 Å². The average molecular weight is 564 g/mol. The third-order valence-electron chi connectivity index (χ3n) is 7.72. The molecule has 216 valence electrons. The lowest BCUT2D eigenvalue weighted by atomic mass is 9.95. The second-order valence-electron chi connectivity index (χ2n) is 11.1. The highest BCUT2D eigenvalue weighted by molar-refractivity contribution is 5.94. The maximum absolute atomic E-state index is 6.23. The summed E-state index contributed by atoms with van der Waals surface area (Å²) in [6.07, 6.45) is 3.96. The third kappa shape index (κ3) is 5.21. The van der Waals surface area contributed by atoms with E-state index in [0.29, 0.717) is 19.8 Å². The summed E-state index contributed by atoms with van der Waals surface area (Å²) in [4.78, 5) is 4.78. The normalized spacial score (nSPS) is 12.6. The van der Waals surface area contributed by atoms with Crippen LogP contribution >= 0.6 is 0 Å². The van der Waals surface area contributed by atoms with E-state index in [1.54, 1.807) is 11.8 Å². The number of ether oxygens (including phenoxy) is 2. The molecule has 6 aromatic rings. The molecule has 2 aromatic carbocycles. The van der Waals surface area contributed by atoms with Gasteiger partial charge in [0, 0.05) is 54.1 Å². The van der Waals surface area contributed by atoms with Crippen molar-refractivity contribution in [1.29, 1.82) is 0 Å². The summed E-state index contributed by atoms with van der Waals surface area (Å²) >= 11 is 0. The molecule has 6 rings (SSSR count). The molecule has 0 radical (unpaired) electrons. The molecule has 0 aliphatic rings. The maximum Gasteiger partial charge on any atom is 0.181 e. The van der Waals surface area contributed by atoms with E-state index < -0.39 is 0 Å². The summed E-state index contributed by atoms with van der Waals surface area (Å²) in [5.41, 5.74) is 8.97. The molecular formula is C33H37N7O2. The van der Waals surface area contributed by atoms with Crippen LogP contribution < -0.4 is 0 Å². The van der Waals surface area contributed by atoms with Crippen LogP contribution in [0.25, 0.3) is 38.9 Å². The first-order valence-electron chi connectivity index (χ1n) is 14.4. The minimum atomic E-state index is -0.148. The van der Waals surface area contributed by atoms with Gasteiger partial charge in [0.05, 0.1) is 42.4 Å². The summed E-state index contributed by atoms with van der Waals surface area (Å²) in [5, 5.41) is 16.7. The number of benzene rings is 2. The molecule has 0 saturated carbocycles. The smallest absolute Gasteiger partial charge is 0.181 e. The second-order valence-corrected chi connectivity index (χ2v) is 11.1. The molecule has 9 heteroatoms. The summed E-state index contributed by atoms with van der Waals surface area (Å²) in [6.45, 7) is 10.2. The quantitative estimate of drug-likeness (QED) is 0.182. The van der Waals surface area contributed by atoms with Gasteiger partial charge in [0.2, 0.25) is 0 Å². The summed E-state index contributed by atoms with van der Waals surface area (Å²) < 4.78 is 17.3. The molecule has 0 unspecified atom stereocenters. The Morgan fingerprint density at radius 1 is 0.905 bits per heavy atom. The van der Waals surface area contributed by atoms with Gasteiger partial charge in [-0.05, 0) is 37.5 Å². The van der Waals surface area contributed by atoms with E-state index in [0.717, 1.165) is 55.8 Å². The Labute approximate surface area is 245 Å². The Kier molecular flexibility index (Phi) is 7.62. The van der Waals surface area contributed by atoms with Crippen LogP contribution in [0.4, 0.5) is 0 Å². The number of pyridine rings is 1. The number of hydrogen-bond donors (Lipinski definition) is 0. The number of fused-ring (bicyclic) bond motifs is 2. The van der Waals surface area contributed by atoms with Crippen molar-refractivity contribution in [3.05, 3.63) is 89.5 Å². The first-order chi connectivity index (χ1) is 20.3. The second kappa shape index (κ2) is 11.5. The van der Waals surface area contributed by atoms with Crippen LogP contribution in [0.15, 0.2) is 67.0 Å². The molecule has 9 nitrogen and oxygen atoms in total. The molecular weight excluding hydrogens is 526 g/mol. The van der Waals surface area contributed by atoms with Gasteiger partial charge in [0.15, 0.2) is 5.65 Å². The molecule has 0 amide bonds. The molecule has 4 heterocycles. The minimum Gasteiger partial charge on any atom is -0.382 e. The highest BCUT2D eigenvalue weighted by Gasteiger charge is 2.24. The van der Waals surface area contributed by atoms with E-state index in [2.05, 4.69) is 68.5 Å². The number of aromatic nitrogens is 7. The molecule has 0 bridgehead atoms. The SMILES string of the molecule is COCCO[C@@H](Cn1cc2c(-c3nn(-c4cc5cn(C)nc5nc4C)c(C)c3C(C)C)cccc2n1)c1ccccc1. The monoisotopic (exact) mass is 563 g/mol. The topological polar surface area (TPSA) is 84.8 Å². The van der Waals surface area contributed by atoms with Crippen LogP contribution in [0, 0.1) is 13.8 Å². The van der Waals surface area contributed by atoms with E-state index in [1.165, 1.54) is 5.56 Å². The third-order valence-corrected chi connectivity index (χ3v) is 7.72. The van der Waals surface area contributed by atoms with Gasteiger partial charge in [0.25, 0.3) is 0 Å². The van der Waals surface area contributed by atoms with E-state index >= 15 is 0 Å². The van der Waals surface area contributed by atoms with Crippen LogP contribution in [-0.4, -0.2) is 54.6 Å². The lowest BCUT2D eigenvalue weighted by Gasteiger charge is -2.18. The van der Waals surface area contributed by atoms with E-state index in [9.17, 15) is 0 Å². The Morgan fingerprint density at radius 2 is 1.71 bits per heavy atom. The van der Waals surface area contributed by atoms with Gasteiger partial charge in [-0.15, -0.1) is 0 Å². The van der Waals surface area contributed by atoms with Crippen LogP contribution in [0.2, 0.25) is 0 Å². The molecule has 0 spiro atoms. The Bertz CT molecular complexity index is 1850. The highest BCUT2D eigenvalue weighted by Crippen LogP contribution is 2.37. The largest absolute Gasteiger partial charge is 0.382 e. The average Bonchev–Trinajstić information content (AvgIpc) is 3.65. The van der Waals surface area contributed by atoms with Crippen LogP contribution in [0.5, 0.6) is 0 Å². The van der Waals surface area contributed by atoms with Crippen molar-refractivity contribution in [2.45, 2.75) is 46.3 Å². The van der Waals surface area contributed by atoms with Crippen molar-refractivity contribution >= 4 is 21.9 Å². The van der Waals surface area contributed by atoms with E-state index in [-0.39, 0.29) is 12.0 Å². The fraction of sp³-hybridized carbons (Fsp3) is 0.333. The zero-order valence-electron chi connectivity index (χ0n) is 25.1. The molecule has 0 saturated heterocycles. The van der Waals surface area contributed by atoms with Gasteiger partial charge >= 0.3 is 0 Å². The Balaban J connectivity index is 1.42. The van der Waals surface area contributed by atoms with Crippen LogP contribution in [-0.2, 0) is 23.1 Å². The standard InChI is InChI=1S/C33H37N7O2/c1-21(2)31-23(4)40(29-17-25-18-38(5)37-33(25)34-22(29)3)36-32(31)26-13-10-14-28-27(26)19-39(35-28)20-30(42-16-15-41-6)24-11-8-7-9-12-24/h7-14,17-19,21,30H,15-16,20H2,1-6H3/t30-/m0/s1. The van der Waals surface area contributed by atoms with Gasteiger partial charge < -0.3 is 9.47 Å². The van der Waals surface area contributed by atoms with Crippen molar-refractivity contribution in [2.75, 3.05) is 20.3 Å². The number of hydrogen-bond acceptors (Lipinski definition) is 6. The summed E-state index contributed by atoms with van der Waals surface area (Å²) in [6, 6.07) is 18.7. The van der Waals surface area contributed by atoms with Gasteiger partial charge in [-0.25, -0.2) is 9.67 Å². The van der Waals surface area contributed by atoms with Crippen molar-refractivity contribution in [2.24, 2.45) is 7.05 Å². The molecule has 4 aromatic heterocycles. The summed E-state index contributed by atoms with van der Waals surface area (Å²) in [5.74, 6) is 0.270. The zero-order chi connectivity index (χ0) is 29.4. The van der Waals surface area contributed by atoms with Crippen molar-refractivity contribution < 1.29 is 9.47 Å². The molecule has 1 atom stereocenters. The summed E-state index contributed by atoms with van der Waals surface area (Å²) in [7, 11) is 3.60. The molecule has 0 aliphatic heterocycles. The van der Waals surface area contributed by atoms with Crippen molar-refractivity contribution in [3.8, 4) is 16.9 Å². The molecule has 0 fully saturated rings. The Morgan fingerprint density at radius 3 is 2.48 bits per heavy atom. The highest BCUT2D eigenvalue weighted by atomic mass is 16.5. The van der Waals surface area contributed by atoms with Crippen LogP contribution in [0.3, 0.4) is 0 Å². The van der Waals surface area contributed by atoms with E-state index in [1.807, 2.05) is 47.7 Å². The first-order valence-corrected chi connectivity index (χ1v) is 14.4. The number of methoxy groups -OCH3 is 1. The predicted octanol–water partition coefficient (Wildman–Crippen LogP) is 6.32. The lowest BCUT2D eigenvalue weighted by molar-refractivity contribution is 0.00620. The van der Waals surface area contributed by atoms with Gasteiger partial charge in [0.1, 0.15) is 6.10 Å². The fourth-order valence-corrected chi connectivity index (χ4v) is 5.76. The number of nitrogens with zero attached hydrogens (tertiary/aromatic N) is 7. The van der Waals surface area contributed by atoms with Gasteiger partial charge in [-0.3, -0.25) is 9.36 Å².